The molecule has 1 fully saturated rings. The summed E-state index contributed by atoms with van der Waals surface area (Å²) >= 11 is 0. The monoisotopic (exact) mass is 399 g/mol. The standard InChI is InChI=1S/C24H37N3O2/c1-8-20(22(25-5)26-24(4)14-15-24)21(17(2)3)23(28)27(6)16-13-18-9-11-19(29-7)12-10-18/h9-12,25-26H,8,13-16H2,1-7H3/b22-20-. The fourth-order valence-electron chi connectivity index (χ4n) is 3.41. The number of amides is 1. The predicted molar refractivity (Wildman–Crippen MR) is 120 cm³/mol. The van der Waals surface area contributed by atoms with Crippen molar-refractivity contribution < 1.29 is 9.53 Å². The Balaban J connectivity index is 2.17. The highest BCUT2D eigenvalue weighted by Gasteiger charge is 2.38. The molecule has 1 aromatic rings. The lowest BCUT2D eigenvalue weighted by Gasteiger charge is -2.25. The van der Waals surface area contributed by atoms with Gasteiger partial charge in [-0.3, -0.25) is 4.79 Å². The van der Waals surface area contributed by atoms with E-state index in [0.29, 0.717) is 6.54 Å². The Morgan fingerprint density at radius 3 is 2.28 bits per heavy atom. The molecule has 160 valence electrons. The second-order valence-corrected chi connectivity index (χ2v) is 8.34. The maximum atomic E-state index is 13.4. The Kier molecular flexibility index (Phi) is 7.77. The zero-order valence-electron chi connectivity index (χ0n) is 19.1. The van der Waals surface area contributed by atoms with E-state index < -0.39 is 0 Å². The first-order valence-electron chi connectivity index (χ1n) is 10.5. The van der Waals surface area contributed by atoms with Crippen molar-refractivity contribution in [1.29, 1.82) is 0 Å². The maximum absolute atomic E-state index is 13.4. The molecule has 1 aliphatic rings. The van der Waals surface area contributed by atoms with Crippen LogP contribution in [0.1, 0.15) is 52.5 Å². The molecular formula is C24H37N3O2. The number of nitrogens with zero attached hydrogens (tertiary/aromatic N) is 1. The smallest absolute Gasteiger partial charge is 0.253 e. The van der Waals surface area contributed by atoms with E-state index in [9.17, 15) is 4.79 Å². The summed E-state index contributed by atoms with van der Waals surface area (Å²) in [7, 11) is 5.47. The van der Waals surface area contributed by atoms with Gasteiger partial charge in [-0.1, -0.05) is 24.6 Å². The Labute approximate surface area is 176 Å². The van der Waals surface area contributed by atoms with Crippen LogP contribution in [-0.4, -0.2) is 44.1 Å². The first-order chi connectivity index (χ1) is 13.7. The number of carbonyl (C=O) groups is 1. The maximum Gasteiger partial charge on any atom is 0.253 e. The molecule has 0 atom stereocenters. The lowest BCUT2D eigenvalue weighted by Crippen LogP contribution is -2.37. The van der Waals surface area contributed by atoms with Gasteiger partial charge in [0, 0.05) is 37.3 Å². The average molecular weight is 400 g/mol. The molecule has 0 saturated heterocycles. The lowest BCUT2D eigenvalue weighted by atomic mass is 9.97. The van der Waals surface area contributed by atoms with Crippen LogP contribution < -0.4 is 15.4 Å². The van der Waals surface area contributed by atoms with Crippen LogP contribution in [-0.2, 0) is 11.2 Å². The Hall–Kier alpha value is -2.43. The lowest BCUT2D eigenvalue weighted by molar-refractivity contribution is -0.125. The van der Waals surface area contributed by atoms with Gasteiger partial charge in [-0.25, -0.2) is 0 Å². The third kappa shape index (κ3) is 6.02. The molecule has 0 radical (unpaired) electrons. The molecule has 5 heteroatoms. The van der Waals surface area contributed by atoms with Crippen molar-refractivity contribution in [2.75, 3.05) is 27.7 Å². The molecule has 2 rings (SSSR count). The van der Waals surface area contributed by atoms with Gasteiger partial charge >= 0.3 is 0 Å². The van der Waals surface area contributed by atoms with E-state index in [1.165, 1.54) is 5.56 Å². The summed E-state index contributed by atoms with van der Waals surface area (Å²) in [4.78, 5) is 15.2. The molecule has 0 aliphatic heterocycles. The van der Waals surface area contributed by atoms with Crippen molar-refractivity contribution in [3.63, 3.8) is 0 Å². The number of methoxy groups -OCH3 is 1. The van der Waals surface area contributed by atoms with Crippen molar-refractivity contribution in [2.45, 2.75) is 58.9 Å². The minimum Gasteiger partial charge on any atom is -0.497 e. The molecule has 29 heavy (non-hydrogen) atoms. The number of allylic oxidation sites excluding steroid dienone is 1. The molecule has 0 aromatic heterocycles. The van der Waals surface area contributed by atoms with Crippen LogP contribution in [0, 0.1) is 0 Å². The number of hydrogen-bond donors (Lipinski definition) is 2. The average Bonchev–Trinajstić information content (AvgIpc) is 3.45. The summed E-state index contributed by atoms with van der Waals surface area (Å²) in [6.07, 6.45) is 3.92. The highest BCUT2D eigenvalue weighted by Crippen LogP contribution is 2.36. The van der Waals surface area contributed by atoms with Gasteiger partial charge in [0.2, 0.25) is 0 Å². The molecule has 2 N–H and O–H groups in total. The highest BCUT2D eigenvalue weighted by atomic mass is 16.5. The van der Waals surface area contributed by atoms with Gasteiger partial charge in [-0.05, 0) is 64.2 Å². The zero-order valence-corrected chi connectivity index (χ0v) is 19.1. The minimum atomic E-state index is 0.0749. The highest BCUT2D eigenvalue weighted by molar-refractivity contribution is 5.98. The first kappa shape index (κ1) is 22.9. The second kappa shape index (κ2) is 9.86. The Bertz CT molecular complexity index is 770. The topological polar surface area (TPSA) is 53.6 Å². The largest absolute Gasteiger partial charge is 0.497 e. The third-order valence-corrected chi connectivity index (χ3v) is 5.59. The van der Waals surface area contributed by atoms with E-state index in [4.69, 9.17) is 4.74 Å². The molecule has 1 amide bonds. The van der Waals surface area contributed by atoms with Gasteiger partial charge in [-0.15, -0.1) is 0 Å². The van der Waals surface area contributed by atoms with Crippen LogP contribution in [0.15, 0.2) is 46.8 Å². The van der Waals surface area contributed by atoms with Crippen molar-refractivity contribution in [3.05, 3.63) is 52.4 Å². The number of benzene rings is 1. The molecule has 1 aromatic carbocycles. The van der Waals surface area contributed by atoms with Crippen molar-refractivity contribution in [2.24, 2.45) is 0 Å². The van der Waals surface area contributed by atoms with Crippen LogP contribution in [0.3, 0.4) is 0 Å². The van der Waals surface area contributed by atoms with Crippen molar-refractivity contribution in [3.8, 4) is 5.75 Å². The Morgan fingerprint density at radius 1 is 1.21 bits per heavy atom. The molecule has 0 spiro atoms. The van der Waals surface area contributed by atoms with Gasteiger partial charge < -0.3 is 20.3 Å². The predicted octanol–water partition coefficient (Wildman–Crippen LogP) is 4.02. The minimum absolute atomic E-state index is 0.0749. The molecule has 1 saturated carbocycles. The van der Waals surface area contributed by atoms with E-state index in [0.717, 1.165) is 54.0 Å². The van der Waals surface area contributed by atoms with E-state index in [1.54, 1.807) is 7.11 Å². The van der Waals surface area contributed by atoms with E-state index >= 15 is 0 Å². The van der Waals surface area contributed by atoms with Crippen LogP contribution in [0.5, 0.6) is 5.75 Å². The van der Waals surface area contributed by atoms with Crippen LogP contribution >= 0.6 is 0 Å². The summed E-state index contributed by atoms with van der Waals surface area (Å²) in [5.41, 5.74) is 4.25. The second-order valence-electron chi connectivity index (χ2n) is 8.34. The normalized spacial score (nSPS) is 15.1. The number of ether oxygens (including phenoxy) is 1. The fourth-order valence-corrected chi connectivity index (χ4v) is 3.41. The third-order valence-electron chi connectivity index (χ3n) is 5.59. The zero-order chi connectivity index (χ0) is 21.6. The van der Waals surface area contributed by atoms with E-state index in [-0.39, 0.29) is 11.4 Å². The summed E-state index contributed by atoms with van der Waals surface area (Å²) in [6, 6.07) is 8.02. The van der Waals surface area contributed by atoms with Crippen molar-refractivity contribution >= 4 is 5.91 Å². The van der Waals surface area contributed by atoms with Crippen LogP contribution in [0.2, 0.25) is 0 Å². The van der Waals surface area contributed by atoms with E-state index in [2.05, 4.69) is 36.6 Å². The number of rotatable bonds is 10. The summed E-state index contributed by atoms with van der Waals surface area (Å²) in [6.45, 7) is 9.04. The van der Waals surface area contributed by atoms with Gasteiger partial charge in [0.1, 0.15) is 11.6 Å². The quantitative estimate of drug-likeness (QED) is 0.461. The summed E-state index contributed by atoms with van der Waals surface area (Å²) in [5, 5.41) is 6.92. The fraction of sp³-hybridized carbons (Fsp3) is 0.542. The summed E-state index contributed by atoms with van der Waals surface area (Å²) < 4.78 is 5.21. The van der Waals surface area contributed by atoms with E-state index in [1.807, 2.05) is 45.0 Å². The molecular weight excluding hydrogens is 362 g/mol. The Morgan fingerprint density at radius 2 is 1.83 bits per heavy atom. The van der Waals surface area contributed by atoms with Gasteiger partial charge in [-0.2, -0.15) is 0 Å². The number of carbonyl (C=O) groups excluding carboxylic acids is 1. The molecule has 0 bridgehead atoms. The van der Waals surface area contributed by atoms with Crippen LogP contribution in [0.25, 0.3) is 0 Å². The first-order valence-corrected chi connectivity index (χ1v) is 10.5. The molecule has 0 heterocycles. The van der Waals surface area contributed by atoms with Gasteiger partial charge in [0.25, 0.3) is 5.91 Å². The summed E-state index contributed by atoms with van der Waals surface area (Å²) in [5.74, 6) is 1.89. The molecule has 5 nitrogen and oxygen atoms in total. The number of likely N-dealkylation sites (N-methyl/N-ethyl adjacent to an activating group) is 1. The molecule has 1 aliphatic carbocycles. The number of nitrogens with one attached hydrogen (secondary N) is 2. The van der Waals surface area contributed by atoms with Crippen molar-refractivity contribution in [1.82, 2.24) is 15.5 Å². The van der Waals surface area contributed by atoms with Gasteiger partial charge in [0.15, 0.2) is 0 Å². The molecule has 0 unspecified atom stereocenters. The van der Waals surface area contributed by atoms with Gasteiger partial charge in [0.05, 0.1) is 7.11 Å². The number of hydrogen-bond acceptors (Lipinski definition) is 4. The van der Waals surface area contributed by atoms with Crippen LogP contribution in [0.4, 0.5) is 0 Å². The SMILES string of the molecule is CC/C(C(C(=O)N(C)CCc1ccc(OC)cc1)=C(C)C)=C(\NC)NC1(C)CC1.